The first kappa shape index (κ1) is 20.1. The largest absolute Gasteiger partial charge is 0.368 e. The molecule has 1 saturated heterocycles. The molecule has 1 aliphatic rings. The van der Waals surface area contributed by atoms with Crippen LogP contribution >= 0.6 is 0 Å². The molecule has 0 bridgehead atoms. The van der Waals surface area contributed by atoms with Gasteiger partial charge >= 0.3 is 0 Å². The summed E-state index contributed by atoms with van der Waals surface area (Å²) in [5, 5.41) is 18.0. The van der Waals surface area contributed by atoms with Gasteiger partial charge in [0.05, 0.1) is 16.1 Å². The van der Waals surface area contributed by atoms with Crippen molar-refractivity contribution in [2.45, 2.75) is 11.8 Å². The fourth-order valence-electron chi connectivity index (χ4n) is 3.15. The summed E-state index contributed by atoms with van der Waals surface area (Å²) in [6.07, 6.45) is 0. The van der Waals surface area contributed by atoms with E-state index in [-0.39, 0.29) is 23.5 Å². The summed E-state index contributed by atoms with van der Waals surface area (Å²) < 4.78 is 27.1. The molecule has 0 aliphatic carbocycles. The van der Waals surface area contributed by atoms with Gasteiger partial charge in [-0.05, 0) is 37.3 Å². The maximum atomic E-state index is 12.8. The Bertz CT molecular complexity index is 954. The average molecular weight is 406 g/mol. The van der Waals surface area contributed by atoms with Gasteiger partial charge in [-0.3, -0.25) is 20.7 Å². The molecular formula is C18H22N4O5S. The van der Waals surface area contributed by atoms with Crippen LogP contribution in [0.1, 0.15) is 15.9 Å². The van der Waals surface area contributed by atoms with Gasteiger partial charge in [-0.25, -0.2) is 13.9 Å². The van der Waals surface area contributed by atoms with E-state index in [0.717, 1.165) is 5.56 Å². The summed E-state index contributed by atoms with van der Waals surface area (Å²) in [6, 6.07) is 11.3. The maximum absolute atomic E-state index is 12.8. The molecule has 0 unspecified atom stereocenters. The lowest BCUT2D eigenvalue weighted by molar-refractivity contribution is 0.0707. The summed E-state index contributed by atoms with van der Waals surface area (Å²) in [6.45, 7) is 3.17. The number of sulfonamides is 1. The lowest BCUT2D eigenvalue weighted by atomic mass is 10.1. The van der Waals surface area contributed by atoms with Crippen LogP contribution in [0, 0.1) is 6.92 Å². The number of carbonyl (C=O) groups is 1. The van der Waals surface area contributed by atoms with Gasteiger partial charge in [0.1, 0.15) is 0 Å². The molecule has 0 atom stereocenters. The standard InChI is InChI=1S/C18H22N4O5S/c1-13-2-5-15(6-3-13)28(26,27)22-10-8-21(9-11-22)17-7-4-14(19-24)12-16(17)18(23)20-25/h2-7,12,19,24-25H,8-11H2,1H3,(H,20,23). The highest BCUT2D eigenvalue weighted by atomic mass is 32.2. The van der Waals surface area contributed by atoms with Crippen LogP contribution in [0.25, 0.3) is 0 Å². The molecule has 1 amide bonds. The van der Waals surface area contributed by atoms with Crippen LogP contribution in [0.4, 0.5) is 11.4 Å². The van der Waals surface area contributed by atoms with Crippen LogP contribution in [0.2, 0.25) is 0 Å². The minimum atomic E-state index is -3.58. The van der Waals surface area contributed by atoms with Crippen molar-refractivity contribution in [1.29, 1.82) is 0 Å². The van der Waals surface area contributed by atoms with Crippen LogP contribution in [0.15, 0.2) is 47.4 Å². The predicted octanol–water partition coefficient (Wildman–Crippen LogP) is 1.43. The summed E-state index contributed by atoms with van der Waals surface area (Å²) in [7, 11) is -3.58. The summed E-state index contributed by atoms with van der Waals surface area (Å²) in [5.74, 6) is -0.721. The second kappa shape index (κ2) is 8.15. The number of carbonyl (C=O) groups excluding carboxylic acids is 1. The van der Waals surface area contributed by atoms with E-state index in [1.54, 1.807) is 41.9 Å². The normalized spacial score (nSPS) is 15.3. The Kier molecular flexibility index (Phi) is 5.84. The van der Waals surface area contributed by atoms with E-state index in [2.05, 4.69) is 0 Å². The minimum absolute atomic E-state index is 0.163. The molecule has 28 heavy (non-hydrogen) atoms. The molecule has 1 aliphatic heterocycles. The molecule has 0 aromatic heterocycles. The van der Waals surface area contributed by atoms with E-state index in [4.69, 9.17) is 10.4 Å². The zero-order valence-electron chi connectivity index (χ0n) is 15.3. The zero-order chi connectivity index (χ0) is 20.3. The number of piperazine rings is 1. The SMILES string of the molecule is Cc1ccc(S(=O)(=O)N2CCN(c3ccc(NO)cc3C(=O)NO)CC2)cc1. The third-order valence-electron chi connectivity index (χ3n) is 4.71. The molecule has 3 rings (SSSR count). The predicted molar refractivity (Wildman–Crippen MR) is 103 cm³/mol. The van der Waals surface area contributed by atoms with Crippen molar-refractivity contribution in [2.75, 3.05) is 36.6 Å². The van der Waals surface area contributed by atoms with Crippen LogP contribution in [-0.2, 0) is 10.0 Å². The first-order chi connectivity index (χ1) is 13.4. The third kappa shape index (κ3) is 3.94. The number of rotatable bonds is 5. The number of hydroxylamine groups is 1. The Morgan fingerprint density at radius 1 is 1.00 bits per heavy atom. The van der Waals surface area contributed by atoms with Crippen LogP contribution in [-0.4, -0.2) is 55.2 Å². The van der Waals surface area contributed by atoms with Crippen molar-refractivity contribution in [3.05, 3.63) is 53.6 Å². The highest BCUT2D eigenvalue weighted by Crippen LogP contribution is 2.27. The molecular weight excluding hydrogens is 384 g/mol. The van der Waals surface area contributed by atoms with Crippen molar-refractivity contribution < 1.29 is 23.6 Å². The molecule has 4 N–H and O–H groups in total. The average Bonchev–Trinajstić information content (AvgIpc) is 2.73. The number of amides is 1. The second-order valence-corrected chi connectivity index (χ2v) is 8.43. The Hall–Kier alpha value is -2.66. The number of benzene rings is 2. The minimum Gasteiger partial charge on any atom is -0.368 e. The molecule has 0 radical (unpaired) electrons. The van der Waals surface area contributed by atoms with E-state index < -0.39 is 15.9 Å². The van der Waals surface area contributed by atoms with Gasteiger partial charge in [0.2, 0.25) is 10.0 Å². The fraction of sp³-hybridized carbons (Fsp3) is 0.278. The van der Waals surface area contributed by atoms with Crippen molar-refractivity contribution in [3.8, 4) is 0 Å². The smallest absolute Gasteiger partial charge is 0.276 e. The van der Waals surface area contributed by atoms with Gasteiger partial charge in [0, 0.05) is 31.9 Å². The number of nitrogens with one attached hydrogen (secondary N) is 2. The molecule has 1 fully saturated rings. The van der Waals surface area contributed by atoms with Gasteiger partial charge in [0.25, 0.3) is 5.91 Å². The monoisotopic (exact) mass is 406 g/mol. The summed E-state index contributed by atoms with van der Waals surface area (Å²) >= 11 is 0. The lowest BCUT2D eigenvalue weighted by Gasteiger charge is -2.36. The van der Waals surface area contributed by atoms with Gasteiger partial charge in [-0.2, -0.15) is 4.31 Å². The zero-order valence-corrected chi connectivity index (χ0v) is 16.1. The molecule has 2 aromatic rings. The quantitative estimate of drug-likeness (QED) is 0.438. The molecule has 2 aromatic carbocycles. The Morgan fingerprint density at radius 2 is 1.64 bits per heavy atom. The highest BCUT2D eigenvalue weighted by molar-refractivity contribution is 7.89. The molecule has 0 spiro atoms. The number of anilines is 2. The molecule has 9 nitrogen and oxygen atoms in total. The van der Waals surface area contributed by atoms with Gasteiger partial charge in [-0.1, -0.05) is 17.7 Å². The Morgan fingerprint density at radius 3 is 2.21 bits per heavy atom. The third-order valence-corrected chi connectivity index (χ3v) is 6.62. The second-order valence-electron chi connectivity index (χ2n) is 6.49. The van der Waals surface area contributed by atoms with Crippen LogP contribution in [0.3, 0.4) is 0 Å². The highest BCUT2D eigenvalue weighted by Gasteiger charge is 2.29. The van der Waals surface area contributed by atoms with E-state index in [0.29, 0.717) is 24.5 Å². The van der Waals surface area contributed by atoms with Crippen molar-refractivity contribution in [1.82, 2.24) is 9.79 Å². The van der Waals surface area contributed by atoms with E-state index in [1.807, 2.05) is 17.3 Å². The molecule has 150 valence electrons. The van der Waals surface area contributed by atoms with E-state index >= 15 is 0 Å². The van der Waals surface area contributed by atoms with Crippen molar-refractivity contribution >= 4 is 27.3 Å². The van der Waals surface area contributed by atoms with Crippen molar-refractivity contribution in [3.63, 3.8) is 0 Å². The molecule has 1 heterocycles. The molecule has 10 heteroatoms. The van der Waals surface area contributed by atoms with Crippen molar-refractivity contribution in [2.24, 2.45) is 0 Å². The number of aryl methyl sites for hydroxylation is 1. The Labute approximate surface area is 163 Å². The van der Waals surface area contributed by atoms with E-state index in [9.17, 15) is 13.2 Å². The van der Waals surface area contributed by atoms with Crippen LogP contribution < -0.4 is 15.9 Å². The number of nitrogens with zero attached hydrogens (tertiary/aromatic N) is 2. The van der Waals surface area contributed by atoms with E-state index in [1.165, 1.54) is 10.4 Å². The molecule has 0 saturated carbocycles. The first-order valence-corrected chi connectivity index (χ1v) is 10.1. The number of hydrogen-bond donors (Lipinski definition) is 4. The van der Waals surface area contributed by atoms with Gasteiger partial charge < -0.3 is 4.90 Å². The number of hydrogen-bond acceptors (Lipinski definition) is 7. The van der Waals surface area contributed by atoms with Gasteiger partial charge in [-0.15, -0.1) is 0 Å². The maximum Gasteiger partial charge on any atom is 0.276 e. The first-order valence-electron chi connectivity index (χ1n) is 8.67. The lowest BCUT2D eigenvalue weighted by Crippen LogP contribution is -2.49. The van der Waals surface area contributed by atoms with Gasteiger partial charge in [0.15, 0.2) is 0 Å². The van der Waals surface area contributed by atoms with Crippen LogP contribution in [0.5, 0.6) is 0 Å². The topological polar surface area (TPSA) is 122 Å². The summed E-state index contributed by atoms with van der Waals surface area (Å²) in [4.78, 5) is 14.1. The summed E-state index contributed by atoms with van der Waals surface area (Å²) in [5.41, 5.74) is 5.53. The Balaban J connectivity index is 1.79. The fourth-order valence-corrected chi connectivity index (χ4v) is 4.57.